The van der Waals surface area contributed by atoms with Crippen molar-refractivity contribution in [2.75, 3.05) is 32.4 Å². The van der Waals surface area contributed by atoms with Gasteiger partial charge in [0.1, 0.15) is 0 Å². The van der Waals surface area contributed by atoms with Gasteiger partial charge in [-0.3, -0.25) is 0 Å². The molecule has 1 heterocycles. The second kappa shape index (κ2) is 6.37. The number of rotatable bonds is 6. The maximum Gasteiger partial charge on any atom is 0.211 e. The van der Waals surface area contributed by atoms with Crippen LogP contribution >= 0.6 is 0 Å². The van der Waals surface area contributed by atoms with Gasteiger partial charge >= 0.3 is 0 Å². The van der Waals surface area contributed by atoms with Gasteiger partial charge in [0, 0.05) is 13.1 Å². The fourth-order valence-corrected chi connectivity index (χ4v) is 2.95. The van der Waals surface area contributed by atoms with Crippen LogP contribution in [0.2, 0.25) is 0 Å². The van der Waals surface area contributed by atoms with Crippen LogP contribution < -0.4 is 5.32 Å². The van der Waals surface area contributed by atoms with Gasteiger partial charge in [-0.1, -0.05) is 6.08 Å². The Balaban J connectivity index is 2.31. The summed E-state index contributed by atoms with van der Waals surface area (Å²) < 4.78 is 24.4. The summed E-state index contributed by atoms with van der Waals surface area (Å²) in [4.78, 5) is 0. The third kappa shape index (κ3) is 4.63. The second-order valence-electron chi connectivity index (χ2n) is 4.41. The molecule has 1 atom stereocenters. The third-order valence-electron chi connectivity index (χ3n) is 2.91. The first-order valence-electron chi connectivity index (χ1n) is 5.80. The number of nitrogens with one attached hydrogen (secondary N) is 1. The van der Waals surface area contributed by atoms with Crippen LogP contribution in [0.15, 0.2) is 12.7 Å². The molecule has 0 aromatic heterocycles. The molecule has 16 heavy (non-hydrogen) atoms. The van der Waals surface area contributed by atoms with Crippen molar-refractivity contribution < 1.29 is 8.42 Å². The Morgan fingerprint density at radius 1 is 1.56 bits per heavy atom. The average Bonchev–Trinajstić information content (AvgIpc) is 2.24. The number of hydrogen-bond acceptors (Lipinski definition) is 3. The molecule has 5 heteroatoms. The standard InChI is InChI=1S/C11H22N2O2S/c1-3-4-7-12-9-11-6-5-8-13(10-11)16(2,14)15/h3,11-12H,1,4-10H2,2H3. The molecule has 0 spiro atoms. The summed E-state index contributed by atoms with van der Waals surface area (Å²) in [5, 5.41) is 3.34. The molecule has 0 saturated carbocycles. The van der Waals surface area contributed by atoms with Crippen LogP contribution in [0.4, 0.5) is 0 Å². The van der Waals surface area contributed by atoms with Crippen LogP contribution in [0.1, 0.15) is 19.3 Å². The van der Waals surface area contributed by atoms with Gasteiger partial charge in [0.15, 0.2) is 0 Å². The molecule has 1 fully saturated rings. The molecule has 1 aliphatic heterocycles. The van der Waals surface area contributed by atoms with Crippen LogP contribution in [0.5, 0.6) is 0 Å². The zero-order valence-corrected chi connectivity index (χ0v) is 10.8. The smallest absolute Gasteiger partial charge is 0.211 e. The lowest BCUT2D eigenvalue weighted by Crippen LogP contribution is -2.42. The largest absolute Gasteiger partial charge is 0.316 e. The Bertz CT molecular complexity index is 314. The Morgan fingerprint density at radius 2 is 2.31 bits per heavy atom. The molecule has 1 saturated heterocycles. The normalized spacial score (nSPS) is 23.2. The lowest BCUT2D eigenvalue weighted by molar-refractivity contribution is 0.262. The van der Waals surface area contributed by atoms with Gasteiger partial charge < -0.3 is 5.32 Å². The molecule has 0 bridgehead atoms. The van der Waals surface area contributed by atoms with Gasteiger partial charge in [-0.15, -0.1) is 6.58 Å². The second-order valence-corrected chi connectivity index (χ2v) is 6.39. The molecular formula is C11H22N2O2S. The molecular weight excluding hydrogens is 224 g/mol. The van der Waals surface area contributed by atoms with Crippen molar-refractivity contribution in [3.05, 3.63) is 12.7 Å². The van der Waals surface area contributed by atoms with Gasteiger partial charge in [-0.05, 0) is 38.3 Å². The minimum Gasteiger partial charge on any atom is -0.316 e. The van der Waals surface area contributed by atoms with E-state index in [2.05, 4.69) is 11.9 Å². The van der Waals surface area contributed by atoms with E-state index < -0.39 is 10.0 Å². The van der Waals surface area contributed by atoms with Crippen LogP contribution in [0.25, 0.3) is 0 Å². The van der Waals surface area contributed by atoms with Crippen LogP contribution in [0.3, 0.4) is 0 Å². The SMILES string of the molecule is C=CCCNCC1CCCN(S(C)(=O)=O)C1. The van der Waals surface area contributed by atoms with E-state index in [1.54, 1.807) is 4.31 Å². The number of piperidine rings is 1. The lowest BCUT2D eigenvalue weighted by atomic mass is 10.00. The molecule has 0 aromatic rings. The van der Waals surface area contributed by atoms with E-state index in [1.807, 2.05) is 6.08 Å². The fourth-order valence-electron chi connectivity index (χ4n) is 2.01. The molecule has 0 aliphatic carbocycles. The predicted molar refractivity (Wildman–Crippen MR) is 66.8 cm³/mol. The first-order valence-corrected chi connectivity index (χ1v) is 7.65. The summed E-state index contributed by atoms with van der Waals surface area (Å²) >= 11 is 0. The van der Waals surface area contributed by atoms with Crippen LogP contribution in [0, 0.1) is 5.92 Å². The van der Waals surface area contributed by atoms with Crippen molar-refractivity contribution in [3.8, 4) is 0 Å². The summed E-state index contributed by atoms with van der Waals surface area (Å²) in [5.74, 6) is 0.452. The lowest BCUT2D eigenvalue weighted by Gasteiger charge is -2.31. The van der Waals surface area contributed by atoms with Gasteiger partial charge in [0.25, 0.3) is 0 Å². The monoisotopic (exact) mass is 246 g/mol. The van der Waals surface area contributed by atoms with Gasteiger partial charge in [0.2, 0.25) is 10.0 Å². The number of hydrogen-bond donors (Lipinski definition) is 1. The molecule has 0 aromatic carbocycles. The van der Waals surface area contributed by atoms with E-state index in [1.165, 1.54) is 6.26 Å². The van der Waals surface area contributed by atoms with Crippen molar-refractivity contribution >= 4 is 10.0 Å². The average molecular weight is 246 g/mol. The zero-order chi connectivity index (χ0) is 12.0. The van der Waals surface area contributed by atoms with Gasteiger partial charge in [0.05, 0.1) is 6.26 Å². The van der Waals surface area contributed by atoms with Crippen molar-refractivity contribution in [2.24, 2.45) is 5.92 Å². The van der Waals surface area contributed by atoms with E-state index in [9.17, 15) is 8.42 Å². The highest BCUT2D eigenvalue weighted by atomic mass is 32.2. The molecule has 4 nitrogen and oxygen atoms in total. The van der Waals surface area contributed by atoms with Crippen LogP contribution in [-0.4, -0.2) is 45.2 Å². The van der Waals surface area contributed by atoms with E-state index in [0.717, 1.165) is 32.4 Å². The van der Waals surface area contributed by atoms with E-state index in [4.69, 9.17) is 0 Å². The highest BCUT2D eigenvalue weighted by Crippen LogP contribution is 2.17. The quantitative estimate of drug-likeness (QED) is 0.558. The molecule has 1 aliphatic rings. The Morgan fingerprint density at radius 3 is 2.94 bits per heavy atom. The minimum atomic E-state index is -3.00. The summed E-state index contributed by atoms with van der Waals surface area (Å²) in [6.45, 7) is 6.84. The van der Waals surface area contributed by atoms with Gasteiger partial charge in [-0.25, -0.2) is 12.7 Å². The molecule has 0 radical (unpaired) electrons. The Kier molecular flexibility index (Phi) is 5.44. The summed E-state index contributed by atoms with van der Waals surface area (Å²) in [6.07, 6.45) is 6.23. The minimum absolute atomic E-state index is 0.452. The van der Waals surface area contributed by atoms with Crippen molar-refractivity contribution in [1.29, 1.82) is 0 Å². The molecule has 0 amide bonds. The molecule has 1 unspecified atom stereocenters. The highest BCUT2D eigenvalue weighted by molar-refractivity contribution is 7.88. The Hall–Kier alpha value is -0.390. The van der Waals surface area contributed by atoms with Crippen molar-refractivity contribution in [2.45, 2.75) is 19.3 Å². The van der Waals surface area contributed by atoms with Crippen LogP contribution in [-0.2, 0) is 10.0 Å². The number of sulfonamides is 1. The summed E-state index contributed by atoms with van der Waals surface area (Å²) in [7, 11) is -3.00. The first kappa shape index (κ1) is 13.7. The maximum atomic E-state index is 11.4. The van der Waals surface area contributed by atoms with E-state index in [-0.39, 0.29) is 0 Å². The van der Waals surface area contributed by atoms with Gasteiger partial charge in [-0.2, -0.15) is 0 Å². The molecule has 94 valence electrons. The van der Waals surface area contributed by atoms with E-state index in [0.29, 0.717) is 19.0 Å². The summed E-state index contributed by atoms with van der Waals surface area (Å²) in [5.41, 5.74) is 0. The van der Waals surface area contributed by atoms with Crippen molar-refractivity contribution in [1.82, 2.24) is 9.62 Å². The Labute approximate surface area is 98.8 Å². The fraction of sp³-hybridized carbons (Fsp3) is 0.818. The predicted octanol–water partition coefficient (Wildman–Crippen LogP) is 0.824. The topological polar surface area (TPSA) is 49.4 Å². The summed E-state index contributed by atoms with van der Waals surface area (Å²) in [6, 6.07) is 0. The highest BCUT2D eigenvalue weighted by Gasteiger charge is 2.25. The number of nitrogens with zero attached hydrogens (tertiary/aromatic N) is 1. The maximum absolute atomic E-state index is 11.4. The third-order valence-corrected chi connectivity index (χ3v) is 4.18. The first-order chi connectivity index (χ1) is 7.54. The molecule has 1 N–H and O–H groups in total. The molecule has 1 rings (SSSR count). The zero-order valence-electron chi connectivity index (χ0n) is 9.98. The van der Waals surface area contributed by atoms with E-state index >= 15 is 0 Å². The van der Waals surface area contributed by atoms with Crippen molar-refractivity contribution in [3.63, 3.8) is 0 Å².